The molecular weight excluding hydrogens is 222 g/mol. The van der Waals surface area contributed by atoms with Crippen LogP contribution in [0.15, 0.2) is 24.3 Å². The van der Waals surface area contributed by atoms with Gasteiger partial charge in [0, 0.05) is 19.1 Å². The van der Waals surface area contributed by atoms with E-state index < -0.39 is 4.92 Å². The summed E-state index contributed by atoms with van der Waals surface area (Å²) in [6.45, 7) is 1.79. The molecule has 0 saturated heterocycles. The zero-order valence-electron chi connectivity index (χ0n) is 9.63. The topological polar surface area (TPSA) is 80.4 Å². The van der Waals surface area contributed by atoms with Gasteiger partial charge >= 0.3 is 0 Å². The van der Waals surface area contributed by atoms with Gasteiger partial charge in [-0.05, 0) is 12.0 Å². The molecule has 17 heavy (non-hydrogen) atoms. The summed E-state index contributed by atoms with van der Waals surface area (Å²) in [6.07, 6.45) is 0.806. The number of Topliss-reactive ketones (excluding diaryl/α,β-unsaturated/α-hetero) is 1. The van der Waals surface area contributed by atoms with E-state index >= 15 is 0 Å². The Hall–Kier alpha value is -1.75. The Kier molecular flexibility index (Phi) is 4.78. The molecule has 0 radical (unpaired) electrons. The second-order valence-electron chi connectivity index (χ2n) is 3.86. The third kappa shape index (κ3) is 3.35. The predicted octanol–water partition coefficient (Wildman–Crippen LogP) is 2.19. The van der Waals surface area contributed by atoms with Crippen LogP contribution < -0.4 is 0 Å². The molecule has 0 saturated carbocycles. The Morgan fingerprint density at radius 2 is 2.12 bits per heavy atom. The van der Waals surface area contributed by atoms with E-state index in [1.807, 2.05) is 6.92 Å². The van der Waals surface area contributed by atoms with E-state index in [1.54, 1.807) is 6.07 Å². The Balaban J connectivity index is 2.92. The van der Waals surface area contributed by atoms with Crippen LogP contribution in [0.2, 0.25) is 0 Å². The third-order valence-electron chi connectivity index (χ3n) is 2.71. The predicted molar refractivity (Wildman–Crippen MR) is 62.9 cm³/mol. The van der Waals surface area contributed by atoms with E-state index in [1.165, 1.54) is 18.2 Å². The van der Waals surface area contributed by atoms with E-state index in [4.69, 9.17) is 5.11 Å². The lowest BCUT2D eigenvalue weighted by atomic mass is 9.96. The van der Waals surface area contributed by atoms with Gasteiger partial charge < -0.3 is 5.11 Å². The van der Waals surface area contributed by atoms with Gasteiger partial charge in [-0.1, -0.05) is 25.5 Å². The number of nitrogens with zero attached hydrogens (tertiary/aromatic N) is 1. The summed E-state index contributed by atoms with van der Waals surface area (Å²) < 4.78 is 0. The Labute approximate surface area is 99.2 Å². The average Bonchev–Trinajstić information content (AvgIpc) is 2.35. The van der Waals surface area contributed by atoms with Crippen molar-refractivity contribution in [2.75, 3.05) is 6.61 Å². The molecule has 0 fully saturated rings. The van der Waals surface area contributed by atoms with Crippen molar-refractivity contribution in [1.82, 2.24) is 0 Å². The summed E-state index contributed by atoms with van der Waals surface area (Å²) in [5.74, 6) is -0.430. The number of nitro benzene ring substituents is 1. The van der Waals surface area contributed by atoms with Crippen molar-refractivity contribution in [3.05, 3.63) is 39.9 Å². The van der Waals surface area contributed by atoms with Crippen molar-refractivity contribution < 1.29 is 14.8 Å². The molecular formula is C12H15NO4. The number of hydrogen-bond acceptors (Lipinski definition) is 4. The Morgan fingerprint density at radius 3 is 2.65 bits per heavy atom. The molecule has 0 heterocycles. The SMILES string of the molecule is CCC(CO)CC(=O)c1ccccc1[N+](=O)[O-]. The minimum Gasteiger partial charge on any atom is -0.396 e. The van der Waals surface area contributed by atoms with Crippen molar-refractivity contribution in [3.8, 4) is 0 Å². The van der Waals surface area contributed by atoms with Crippen LogP contribution >= 0.6 is 0 Å². The highest BCUT2D eigenvalue weighted by Crippen LogP contribution is 2.21. The number of carbonyl (C=O) groups is 1. The smallest absolute Gasteiger partial charge is 0.280 e. The number of carbonyl (C=O) groups excluding carboxylic acids is 1. The zero-order valence-corrected chi connectivity index (χ0v) is 9.63. The summed E-state index contributed by atoms with van der Waals surface area (Å²) in [6, 6.07) is 5.89. The van der Waals surface area contributed by atoms with Crippen LogP contribution in [0.1, 0.15) is 30.1 Å². The van der Waals surface area contributed by atoms with Crippen LogP contribution in [0, 0.1) is 16.0 Å². The minimum absolute atomic E-state index is 0.0805. The van der Waals surface area contributed by atoms with E-state index in [0.29, 0.717) is 6.42 Å². The molecule has 1 aromatic rings. The molecule has 0 aliphatic carbocycles. The quantitative estimate of drug-likeness (QED) is 0.467. The Bertz CT molecular complexity index is 413. The first-order valence-corrected chi connectivity index (χ1v) is 5.47. The first-order chi connectivity index (χ1) is 8.10. The fourth-order valence-corrected chi connectivity index (χ4v) is 1.58. The third-order valence-corrected chi connectivity index (χ3v) is 2.71. The maximum Gasteiger partial charge on any atom is 0.280 e. The summed E-state index contributed by atoms with van der Waals surface area (Å²) in [4.78, 5) is 22.1. The minimum atomic E-state index is -0.562. The number of hydrogen-bond donors (Lipinski definition) is 1. The molecule has 1 atom stereocenters. The summed E-state index contributed by atoms with van der Waals surface area (Å²) in [7, 11) is 0. The molecule has 1 aromatic carbocycles. The van der Waals surface area contributed by atoms with E-state index in [-0.39, 0.29) is 36.0 Å². The number of ketones is 1. The van der Waals surface area contributed by atoms with Crippen LogP contribution in [0.25, 0.3) is 0 Å². The van der Waals surface area contributed by atoms with E-state index in [0.717, 1.165) is 0 Å². The molecule has 5 nitrogen and oxygen atoms in total. The van der Waals surface area contributed by atoms with E-state index in [9.17, 15) is 14.9 Å². The van der Waals surface area contributed by atoms with Crippen molar-refractivity contribution in [2.45, 2.75) is 19.8 Å². The monoisotopic (exact) mass is 237 g/mol. The molecule has 1 rings (SSSR count). The largest absolute Gasteiger partial charge is 0.396 e. The average molecular weight is 237 g/mol. The van der Waals surface area contributed by atoms with Gasteiger partial charge in [-0.25, -0.2) is 0 Å². The molecule has 0 bridgehead atoms. The van der Waals surface area contributed by atoms with Crippen molar-refractivity contribution in [2.24, 2.45) is 5.92 Å². The maximum absolute atomic E-state index is 11.9. The molecule has 1 unspecified atom stereocenters. The van der Waals surface area contributed by atoms with Crippen LogP contribution in [0.4, 0.5) is 5.69 Å². The van der Waals surface area contributed by atoms with Crippen LogP contribution in [0.5, 0.6) is 0 Å². The van der Waals surface area contributed by atoms with Crippen molar-refractivity contribution in [1.29, 1.82) is 0 Å². The second kappa shape index (κ2) is 6.10. The van der Waals surface area contributed by atoms with Gasteiger partial charge in [0.2, 0.25) is 0 Å². The number of aliphatic hydroxyl groups excluding tert-OH is 1. The molecule has 92 valence electrons. The van der Waals surface area contributed by atoms with Gasteiger partial charge in [0.25, 0.3) is 5.69 Å². The highest BCUT2D eigenvalue weighted by molar-refractivity contribution is 5.99. The van der Waals surface area contributed by atoms with Crippen molar-refractivity contribution in [3.63, 3.8) is 0 Å². The standard InChI is InChI=1S/C12H15NO4/c1-2-9(8-14)7-12(15)10-5-3-4-6-11(10)13(16)17/h3-6,9,14H,2,7-8H2,1H3. The first kappa shape index (κ1) is 13.3. The molecule has 0 aliphatic heterocycles. The number of nitro groups is 1. The Morgan fingerprint density at radius 1 is 1.47 bits per heavy atom. The van der Waals surface area contributed by atoms with Crippen LogP contribution in [-0.2, 0) is 0 Å². The van der Waals surface area contributed by atoms with E-state index in [2.05, 4.69) is 0 Å². The number of aliphatic hydroxyl groups is 1. The summed E-state index contributed by atoms with van der Waals surface area (Å²) in [5.41, 5.74) is -0.0605. The van der Waals surface area contributed by atoms with Gasteiger partial charge in [-0.2, -0.15) is 0 Å². The number of para-hydroxylation sites is 1. The van der Waals surface area contributed by atoms with Gasteiger partial charge in [-0.3, -0.25) is 14.9 Å². The number of benzene rings is 1. The molecule has 0 aromatic heterocycles. The van der Waals surface area contributed by atoms with Gasteiger partial charge in [0.15, 0.2) is 5.78 Å². The maximum atomic E-state index is 11.9. The normalized spacial score (nSPS) is 12.1. The highest BCUT2D eigenvalue weighted by atomic mass is 16.6. The number of rotatable bonds is 6. The fraction of sp³-hybridized carbons (Fsp3) is 0.417. The molecule has 0 aliphatic rings. The van der Waals surface area contributed by atoms with Crippen LogP contribution in [-0.4, -0.2) is 22.4 Å². The second-order valence-corrected chi connectivity index (χ2v) is 3.86. The lowest BCUT2D eigenvalue weighted by molar-refractivity contribution is -0.385. The van der Waals surface area contributed by atoms with Gasteiger partial charge in [0.05, 0.1) is 10.5 Å². The van der Waals surface area contributed by atoms with Crippen molar-refractivity contribution >= 4 is 11.5 Å². The fourth-order valence-electron chi connectivity index (χ4n) is 1.58. The molecule has 5 heteroatoms. The van der Waals surface area contributed by atoms with Gasteiger partial charge in [0.1, 0.15) is 0 Å². The lowest BCUT2D eigenvalue weighted by Gasteiger charge is -2.10. The highest BCUT2D eigenvalue weighted by Gasteiger charge is 2.21. The zero-order chi connectivity index (χ0) is 12.8. The summed E-state index contributed by atoms with van der Waals surface area (Å²) in [5, 5.41) is 19.8. The molecule has 0 amide bonds. The molecule has 1 N–H and O–H groups in total. The molecule has 0 spiro atoms. The van der Waals surface area contributed by atoms with Gasteiger partial charge in [-0.15, -0.1) is 0 Å². The lowest BCUT2D eigenvalue weighted by Crippen LogP contribution is -2.13. The van der Waals surface area contributed by atoms with Crippen LogP contribution in [0.3, 0.4) is 0 Å². The summed E-state index contributed by atoms with van der Waals surface area (Å²) >= 11 is 0. The first-order valence-electron chi connectivity index (χ1n) is 5.47.